The summed E-state index contributed by atoms with van der Waals surface area (Å²) in [5.74, 6) is -1.48. The van der Waals surface area contributed by atoms with E-state index in [0.29, 0.717) is 0 Å². The molecule has 43 heavy (non-hydrogen) atoms. The topological polar surface area (TPSA) is 213 Å². The molecule has 0 amide bonds. The van der Waals surface area contributed by atoms with Crippen molar-refractivity contribution in [1.29, 1.82) is 0 Å². The van der Waals surface area contributed by atoms with Gasteiger partial charge < -0.3 is 24.8 Å². The lowest BCUT2D eigenvalue weighted by atomic mass is 9.93. The van der Waals surface area contributed by atoms with Crippen LogP contribution < -0.4 is 21.0 Å². The molecule has 0 aliphatic carbocycles. The van der Waals surface area contributed by atoms with E-state index in [1.165, 1.54) is 38.2 Å². The molecule has 1 aromatic heterocycles. The fourth-order valence-electron chi connectivity index (χ4n) is 4.23. The van der Waals surface area contributed by atoms with E-state index in [1.54, 1.807) is 24.3 Å². The molecule has 2 heterocycles. The third-order valence-corrected chi connectivity index (χ3v) is 8.14. The Morgan fingerprint density at radius 3 is 2.65 bits per heavy atom. The highest BCUT2D eigenvalue weighted by Gasteiger charge is 2.55. The molecule has 1 saturated heterocycles. The molecule has 1 unspecified atom stereocenters. The van der Waals surface area contributed by atoms with Gasteiger partial charge in [-0.3, -0.25) is 13.9 Å². The number of aliphatic hydroxyl groups excluding tert-OH is 1. The molecule has 0 spiro atoms. The van der Waals surface area contributed by atoms with Crippen LogP contribution in [0.4, 0.5) is 10.2 Å². The van der Waals surface area contributed by atoms with Crippen LogP contribution in [-0.4, -0.2) is 51.0 Å². The zero-order chi connectivity index (χ0) is 31.2. The minimum atomic E-state index is -4.47. The van der Waals surface area contributed by atoms with Crippen molar-refractivity contribution in [3.63, 3.8) is 0 Å². The Kier molecular flexibility index (Phi) is 9.81. The Balaban J connectivity index is 1.53. The van der Waals surface area contributed by atoms with Crippen LogP contribution >= 0.6 is 7.75 Å². The number of nitrogen functional groups attached to an aromatic ring is 1. The summed E-state index contributed by atoms with van der Waals surface area (Å²) < 4.78 is 50.6. The normalized spacial score (nSPS) is 23.5. The van der Waals surface area contributed by atoms with Gasteiger partial charge in [0.1, 0.15) is 41.7 Å². The van der Waals surface area contributed by atoms with Crippen LogP contribution in [0, 0.1) is 5.82 Å². The summed E-state index contributed by atoms with van der Waals surface area (Å²) in [4.78, 5) is 31.6. The number of carbonyl (C=O) groups is 1. The SMILES string of the molecule is C[C@H](NP(=O)(OC[C@H]1O[C@@H](n2ccc(N)nc2=O)[C@](C)(N=[N+]=[N-])[C@@H]1O)Oc1ccc(F)cc1)C(=O)OCc1ccccc1. The smallest absolute Gasteiger partial charge is 0.459 e. The Hall–Kier alpha value is -4.30. The average molecular weight is 618 g/mol. The highest BCUT2D eigenvalue weighted by molar-refractivity contribution is 7.52. The van der Waals surface area contributed by atoms with E-state index < -0.39 is 61.8 Å². The number of nitrogens with one attached hydrogen (secondary N) is 1. The molecule has 0 radical (unpaired) electrons. The molecule has 15 nitrogen and oxygen atoms in total. The number of azide groups is 1. The lowest BCUT2D eigenvalue weighted by Crippen LogP contribution is -2.45. The van der Waals surface area contributed by atoms with Crippen LogP contribution in [0.3, 0.4) is 0 Å². The first kappa shape index (κ1) is 31.6. The lowest BCUT2D eigenvalue weighted by Gasteiger charge is -2.28. The number of anilines is 1. The van der Waals surface area contributed by atoms with Crippen LogP contribution in [0.25, 0.3) is 10.4 Å². The summed E-state index contributed by atoms with van der Waals surface area (Å²) in [6, 6.07) is 13.5. The van der Waals surface area contributed by atoms with Crippen molar-refractivity contribution >= 4 is 19.5 Å². The van der Waals surface area contributed by atoms with Crippen molar-refractivity contribution < 1.29 is 37.4 Å². The molecular weight excluding hydrogens is 588 g/mol. The number of benzene rings is 2. The zero-order valence-electron chi connectivity index (χ0n) is 23.0. The molecule has 17 heteroatoms. The van der Waals surface area contributed by atoms with Gasteiger partial charge >= 0.3 is 19.4 Å². The summed E-state index contributed by atoms with van der Waals surface area (Å²) in [5, 5.41) is 17.2. The van der Waals surface area contributed by atoms with Crippen molar-refractivity contribution in [2.24, 2.45) is 5.11 Å². The minimum Gasteiger partial charge on any atom is -0.460 e. The number of rotatable bonds is 12. The molecule has 4 rings (SSSR count). The van der Waals surface area contributed by atoms with E-state index in [1.807, 2.05) is 6.07 Å². The third-order valence-electron chi connectivity index (χ3n) is 6.50. The van der Waals surface area contributed by atoms with E-state index >= 15 is 0 Å². The number of hydrogen-bond acceptors (Lipinski definition) is 11. The summed E-state index contributed by atoms with van der Waals surface area (Å²) >= 11 is 0. The predicted octanol–water partition coefficient (Wildman–Crippen LogP) is 3.22. The quantitative estimate of drug-likeness (QED) is 0.0882. The van der Waals surface area contributed by atoms with E-state index in [0.717, 1.165) is 22.3 Å². The number of carbonyl (C=O) groups excluding carboxylic acids is 1. The fraction of sp³-hybridized carbons (Fsp3) is 0.346. The number of aromatic nitrogens is 2. The first-order valence-corrected chi connectivity index (χ1v) is 14.4. The summed E-state index contributed by atoms with van der Waals surface area (Å²) in [6.07, 6.45) is -3.00. The first-order valence-electron chi connectivity index (χ1n) is 12.9. The number of nitrogens with zero attached hydrogens (tertiary/aromatic N) is 5. The average Bonchev–Trinajstić information content (AvgIpc) is 3.21. The number of hydrogen-bond donors (Lipinski definition) is 3. The van der Waals surface area contributed by atoms with Gasteiger partial charge in [0, 0.05) is 11.1 Å². The maximum Gasteiger partial charge on any atom is 0.459 e. The number of ether oxygens (including phenoxy) is 2. The van der Waals surface area contributed by atoms with Gasteiger partial charge in [-0.25, -0.2) is 13.8 Å². The zero-order valence-corrected chi connectivity index (χ0v) is 23.9. The predicted molar refractivity (Wildman–Crippen MR) is 150 cm³/mol. The Bertz CT molecular complexity index is 1590. The molecule has 1 fully saturated rings. The number of aliphatic hydroxyl groups is 1. The van der Waals surface area contributed by atoms with E-state index in [9.17, 15) is 29.2 Å². The Morgan fingerprint density at radius 2 is 2.00 bits per heavy atom. The molecule has 3 aromatic rings. The molecule has 1 aliphatic rings. The van der Waals surface area contributed by atoms with Crippen LogP contribution in [0.2, 0.25) is 0 Å². The minimum absolute atomic E-state index is 0.0451. The standard InChI is InChI=1S/C26H29FN7O8P/c1-16(23(36)39-14-17-6-4-3-5-7-17)31-43(38,42-19-10-8-18(27)9-11-19)40-15-20-22(35)26(2,32-33-29)24(41-20)34-13-12-21(28)30-25(34)37/h3-13,16,20,22,24,35H,14-15H2,1-2H3,(H,31,38)(H2,28,30,37)/t16-,20+,22+,24+,26+,43?/m0/s1. The fourth-order valence-corrected chi connectivity index (χ4v) is 5.73. The first-order chi connectivity index (χ1) is 20.4. The van der Waals surface area contributed by atoms with E-state index in [2.05, 4.69) is 20.1 Å². The maximum absolute atomic E-state index is 13.9. The third kappa shape index (κ3) is 7.56. The summed E-state index contributed by atoms with van der Waals surface area (Å²) in [7, 11) is -4.47. The number of halogens is 1. The van der Waals surface area contributed by atoms with Gasteiger partial charge in [0.05, 0.1) is 12.7 Å². The lowest BCUT2D eigenvalue weighted by molar-refractivity contribution is -0.146. The van der Waals surface area contributed by atoms with Gasteiger partial charge in [0.25, 0.3) is 0 Å². The van der Waals surface area contributed by atoms with Gasteiger partial charge in [-0.2, -0.15) is 10.1 Å². The van der Waals surface area contributed by atoms with Crippen molar-refractivity contribution in [3.8, 4) is 5.75 Å². The molecule has 0 saturated carbocycles. The van der Waals surface area contributed by atoms with Crippen LogP contribution in [-0.2, 0) is 30.0 Å². The molecule has 1 aliphatic heterocycles. The Labute approximate surface area is 244 Å². The maximum atomic E-state index is 13.9. The molecule has 228 valence electrons. The second-order valence-electron chi connectivity index (χ2n) is 9.71. The molecule has 4 N–H and O–H groups in total. The van der Waals surface area contributed by atoms with Crippen molar-refractivity contribution in [2.75, 3.05) is 12.3 Å². The molecule has 6 atom stereocenters. The second-order valence-corrected chi connectivity index (χ2v) is 11.4. The van der Waals surface area contributed by atoms with Gasteiger partial charge in [-0.15, -0.1) is 0 Å². The van der Waals surface area contributed by atoms with Gasteiger partial charge in [-0.05, 0) is 55.3 Å². The van der Waals surface area contributed by atoms with Gasteiger partial charge in [-0.1, -0.05) is 35.4 Å². The van der Waals surface area contributed by atoms with Crippen molar-refractivity contribution in [1.82, 2.24) is 14.6 Å². The van der Waals surface area contributed by atoms with Crippen LogP contribution in [0.15, 0.2) is 76.8 Å². The summed E-state index contributed by atoms with van der Waals surface area (Å²) in [6.45, 7) is 2.04. The molecule has 2 aromatic carbocycles. The van der Waals surface area contributed by atoms with E-state index in [-0.39, 0.29) is 18.2 Å². The molecular formula is C26H29FN7O8P. The highest BCUT2D eigenvalue weighted by Crippen LogP contribution is 2.47. The van der Waals surface area contributed by atoms with Crippen LogP contribution in [0.5, 0.6) is 5.75 Å². The van der Waals surface area contributed by atoms with E-state index in [4.69, 9.17) is 24.3 Å². The highest BCUT2D eigenvalue weighted by atomic mass is 31.2. The number of esters is 1. The largest absolute Gasteiger partial charge is 0.460 e. The molecule has 0 bridgehead atoms. The van der Waals surface area contributed by atoms with Crippen molar-refractivity contribution in [3.05, 3.63) is 99.2 Å². The second kappa shape index (κ2) is 13.3. The summed E-state index contributed by atoms with van der Waals surface area (Å²) in [5.41, 5.74) is 12.9. The van der Waals surface area contributed by atoms with Crippen molar-refractivity contribution in [2.45, 2.75) is 50.5 Å². The Morgan fingerprint density at radius 1 is 1.30 bits per heavy atom. The number of nitrogens with two attached hydrogens (primary N) is 1. The monoisotopic (exact) mass is 617 g/mol. The van der Waals surface area contributed by atoms with Crippen LogP contribution in [0.1, 0.15) is 25.6 Å². The van der Waals surface area contributed by atoms with Gasteiger partial charge in [0.15, 0.2) is 6.23 Å². The van der Waals surface area contributed by atoms with Gasteiger partial charge in [0.2, 0.25) is 0 Å².